The Morgan fingerprint density at radius 1 is 0.714 bits per heavy atom. The van der Waals surface area contributed by atoms with Gasteiger partial charge in [-0.25, -0.2) is 0 Å². The van der Waals surface area contributed by atoms with Crippen molar-refractivity contribution in [3.05, 3.63) is 102 Å². The minimum absolute atomic E-state index is 0.513. The zero-order chi connectivity index (χ0) is 19.4. The van der Waals surface area contributed by atoms with Crippen LogP contribution < -0.4 is 9.47 Å². The van der Waals surface area contributed by atoms with Crippen LogP contribution in [0.4, 0.5) is 0 Å². The lowest BCUT2D eigenvalue weighted by molar-refractivity contribution is 0.256. The second-order valence-electron chi connectivity index (χ2n) is 6.49. The Balaban J connectivity index is 1.73. The third-order valence-corrected chi connectivity index (χ3v) is 4.82. The van der Waals surface area contributed by atoms with Crippen LogP contribution in [-0.2, 0) is 13.2 Å². The minimum Gasteiger partial charge on any atom is -0.485 e. The first-order valence-electron chi connectivity index (χ1n) is 9.55. The molecule has 0 aliphatic heterocycles. The molecule has 2 nitrogen and oxygen atoms in total. The van der Waals surface area contributed by atoms with Gasteiger partial charge in [-0.05, 0) is 41.7 Å². The van der Waals surface area contributed by atoms with Gasteiger partial charge in [0, 0.05) is 5.33 Å². The lowest BCUT2D eigenvalue weighted by Gasteiger charge is -2.14. The molecule has 0 unspecified atom stereocenters. The first kappa shape index (κ1) is 20.2. The number of halogens is 1. The van der Waals surface area contributed by atoms with Crippen LogP contribution in [0, 0.1) is 0 Å². The molecule has 0 heterocycles. The molecule has 0 aliphatic rings. The molecule has 0 amide bonds. The van der Waals surface area contributed by atoms with Crippen molar-refractivity contribution in [1.82, 2.24) is 0 Å². The van der Waals surface area contributed by atoms with Crippen molar-refractivity contribution < 1.29 is 9.47 Å². The molecule has 3 heteroatoms. The van der Waals surface area contributed by atoms with E-state index in [1.54, 1.807) is 0 Å². The van der Waals surface area contributed by atoms with Gasteiger partial charge >= 0.3 is 0 Å². The molecule has 0 N–H and O–H groups in total. The topological polar surface area (TPSA) is 18.5 Å². The van der Waals surface area contributed by atoms with Crippen LogP contribution in [0.3, 0.4) is 0 Å². The van der Waals surface area contributed by atoms with Gasteiger partial charge in [0.25, 0.3) is 0 Å². The van der Waals surface area contributed by atoms with E-state index in [-0.39, 0.29) is 0 Å². The van der Waals surface area contributed by atoms with Gasteiger partial charge < -0.3 is 9.47 Å². The van der Waals surface area contributed by atoms with Crippen LogP contribution in [0.15, 0.2) is 84.9 Å². The zero-order valence-corrected chi connectivity index (χ0v) is 17.5. The van der Waals surface area contributed by atoms with Crippen molar-refractivity contribution in [2.75, 3.05) is 5.33 Å². The standard InChI is InChI=1S/C25H25BrO2/c26-17-9-3-8-10-21-15-16-24(27-19-22-11-4-1-5-12-22)25(18-21)28-20-23-13-6-2-7-14-23/h1-2,4-8,10-16,18H,3,9,17,19-20H2. The fraction of sp³-hybridized carbons (Fsp3) is 0.200. The molecule has 0 aliphatic carbocycles. The largest absolute Gasteiger partial charge is 0.485 e. The molecule has 0 radical (unpaired) electrons. The molecule has 0 fully saturated rings. The van der Waals surface area contributed by atoms with Crippen molar-refractivity contribution in [1.29, 1.82) is 0 Å². The summed E-state index contributed by atoms with van der Waals surface area (Å²) >= 11 is 3.47. The van der Waals surface area contributed by atoms with Crippen molar-refractivity contribution in [3.63, 3.8) is 0 Å². The Kier molecular flexibility index (Phi) is 8.20. The molecular weight excluding hydrogens is 412 g/mol. The van der Waals surface area contributed by atoms with Gasteiger partial charge in [0.1, 0.15) is 13.2 Å². The van der Waals surface area contributed by atoms with Gasteiger partial charge in [-0.1, -0.05) is 94.8 Å². The molecule has 0 bridgehead atoms. The molecule has 0 aromatic heterocycles. The number of alkyl halides is 1. The highest BCUT2D eigenvalue weighted by atomic mass is 79.9. The van der Waals surface area contributed by atoms with Crippen LogP contribution >= 0.6 is 15.9 Å². The summed E-state index contributed by atoms with van der Waals surface area (Å²) < 4.78 is 12.2. The molecule has 144 valence electrons. The monoisotopic (exact) mass is 436 g/mol. The van der Waals surface area contributed by atoms with Crippen molar-refractivity contribution >= 4 is 22.0 Å². The van der Waals surface area contributed by atoms with E-state index < -0.39 is 0 Å². The number of benzene rings is 3. The molecular formula is C25H25BrO2. The summed E-state index contributed by atoms with van der Waals surface area (Å²) in [7, 11) is 0. The number of hydrogen-bond acceptors (Lipinski definition) is 2. The summed E-state index contributed by atoms with van der Waals surface area (Å²) in [5.41, 5.74) is 3.38. The Bertz CT molecular complexity index is 860. The Morgan fingerprint density at radius 2 is 1.32 bits per heavy atom. The Labute approximate surface area is 176 Å². The van der Waals surface area contributed by atoms with Crippen LogP contribution in [0.25, 0.3) is 6.08 Å². The van der Waals surface area contributed by atoms with Gasteiger partial charge in [0.15, 0.2) is 11.5 Å². The average Bonchev–Trinajstić information content (AvgIpc) is 2.76. The van der Waals surface area contributed by atoms with Gasteiger partial charge in [-0.2, -0.15) is 0 Å². The smallest absolute Gasteiger partial charge is 0.162 e. The van der Waals surface area contributed by atoms with Gasteiger partial charge in [0.05, 0.1) is 0 Å². The number of allylic oxidation sites excluding steroid dienone is 1. The van der Waals surface area contributed by atoms with E-state index in [9.17, 15) is 0 Å². The third-order valence-electron chi connectivity index (χ3n) is 4.26. The van der Waals surface area contributed by atoms with Crippen LogP contribution in [0.2, 0.25) is 0 Å². The Hall–Kier alpha value is -2.52. The number of unbranched alkanes of at least 4 members (excludes halogenated alkanes) is 1. The lowest BCUT2D eigenvalue weighted by atomic mass is 10.1. The summed E-state index contributed by atoms with van der Waals surface area (Å²) in [5, 5.41) is 1.02. The first-order valence-corrected chi connectivity index (χ1v) is 10.7. The fourth-order valence-electron chi connectivity index (χ4n) is 2.75. The quantitative estimate of drug-likeness (QED) is 0.250. The highest BCUT2D eigenvalue weighted by molar-refractivity contribution is 9.09. The number of ether oxygens (including phenoxy) is 2. The van der Waals surface area contributed by atoms with Crippen LogP contribution in [-0.4, -0.2) is 5.33 Å². The molecule has 0 saturated heterocycles. The first-order chi connectivity index (χ1) is 13.8. The molecule has 3 aromatic rings. The molecule has 3 aromatic carbocycles. The maximum atomic E-state index is 6.11. The summed E-state index contributed by atoms with van der Waals surface area (Å²) in [4.78, 5) is 0. The fourth-order valence-corrected chi connectivity index (χ4v) is 3.07. The van der Waals surface area contributed by atoms with Crippen LogP contribution in [0.5, 0.6) is 11.5 Å². The maximum Gasteiger partial charge on any atom is 0.162 e. The maximum absolute atomic E-state index is 6.11. The molecule has 0 atom stereocenters. The second kappa shape index (κ2) is 11.4. The molecule has 28 heavy (non-hydrogen) atoms. The number of rotatable bonds is 10. The van der Waals surface area contributed by atoms with Gasteiger partial charge in [0.2, 0.25) is 0 Å². The summed E-state index contributed by atoms with van der Waals surface area (Å²) in [6.45, 7) is 1.03. The van der Waals surface area contributed by atoms with E-state index >= 15 is 0 Å². The van der Waals surface area contributed by atoms with E-state index in [1.807, 2.05) is 48.5 Å². The third kappa shape index (κ3) is 6.58. The minimum atomic E-state index is 0.513. The SMILES string of the molecule is BrCCCC=Cc1ccc(OCc2ccccc2)c(OCc2ccccc2)c1. The van der Waals surface area contributed by atoms with Crippen molar-refractivity contribution in [2.45, 2.75) is 26.1 Å². The summed E-state index contributed by atoms with van der Waals surface area (Å²) in [6.07, 6.45) is 6.52. The second-order valence-corrected chi connectivity index (χ2v) is 7.28. The van der Waals surface area contributed by atoms with E-state index in [1.165, 1.54) is 0 Å². The van der Waals surface area contributed by atoms with E-state index in [4.69, 9.17) is 9.47 Å². The Morgan fingerprint density at radius 3 is 1.93 bits per heavy atom. The van der Waals surface area contributed by atoms with Gasteiger partial charge in [-0.15, -0.1) is 0 Å². The van der Waals surface area contributed by atoms with E-state index in [0.29, 0.717) is 13.2 Å². The average molecular weight is 437 g/mol. The lowest BCUT2D eigenvalue weighted by Crippen LogP contribution is -2.00. The zero-order valence-electron chi connectivity index (χ0n) is 15.9. The molecule has 0 spiro atoms. The molecule has 3 rings (SSSR count). The number of hydrogen-bond donors (Lipinski definition) is 0. The van der Waals surface area contributed by atoms with Crippen molar-refractivity contribution in [2.24, 2.45) is 0 Å². The molecule has 0 saturated carbocycles. The van der Waals surface area contributed by atoms with Crippen LogP contribution in [0.1, 0.15) is 29.5 Å². The van der Waals surface area contributed by atoms with E-state index in [0.717, 1.165) is 46.4 Å². The van der Waals surface area contributed by atoms with Gasteiger partial charge in [-0.3, -0.25) is 0 Å². The highest BCUT2D eigenvalue weighted by Crippen LogP contribution is 2.30. The van der Waals surface area contributed by atoms with Crippen molar-refractivity contribution in [3.8, 4) is 11.5 Å². The van der Waals surface area contributed by atoms with E-state index in [2.05, 4.69) is 58.4 Å². The normalized spacial score (nSPS) is 10.9. The summed E-state index contributed by atoms with van der Waals surface area (Å²) in [5.74, 6) is 1.53. The predicted molar refractivity (Wildman–Crippen MR) is 120 cm³/mol. The highest BCUT2D eigenvalue weighted by Gasteiger charge is 2.07. The summed E-state index contributed by atoms with van der Waals surface area (Å²) in [6, 6.07) is 26.5. The predicted octanol–water partition coefficient (Wildman–Crippen LogP) is 7.03.